The number of ether oxygens (including phenoxy) is 1. The van der Waals surface area contributed by atoms with Gasteiger partial charge in [0, 0.05) is 25.2 Å². The first-order chi connectivity index (χ1) is 5.25. The lowest BCUT2D eigenvalue weighted by Crippen LogP contribution is -2.52. The van der Waals surface area contributed by atoms with Crippen molar-refractivity contribution in [3.8, 4) is 0 Å². The van der Waals surface area contributed by atoms with Crippen molar-refractivity contribution >= 4 is 0 Å². The van der Waals surface area contributed by atoms with Gasteiger partial charge in [-0.25, -0.2) is 0 Å². The van der Waals surface area contributed by atoms with Crippen molar-refractivity contribution in [3.05, 3.63) is 0 Å². The van der Waals surface area contributed by atoms with E-state index in [4.69, 9.17) is 10.5 Å². The molecule has 1 atom stereocenters. The summed E-state index contributed by atoms with van der Waals surface area (Å²) in [6.45, 7) is 7.79. The van der Waals surface area contributed by atoms with E-state index in [9.17, 15) is 0 Å². The van der Waals surface area contributed by atoms with Crippen LogP contribution >= 0.6 is 0 Å². The first-order valence-corrected chi connectivity index (χ1v) is 4.29. The van der Waals surface area contributed by atoms with Crippen LogP contribution in [-0.2, 0) is 4.74 Å². The van der Waals surface area contributed by atoms with Gasteiger partial charge < -0.3 is 10.5 Å². The Hall–Kier alpha value is -0.120. The summed E-state index contributed by atoms with van der Waals surface area (Å²) in [5.41, 5.74) is 5.61. The molecular weight excluding hydrogens is 140 g/mol. The van der Waals surface area contributed by atoms with Crippen LogP contribution < -0.4 is 5.73 Å². The molecule has 3 heteroatoms. The highest BCUT2D eigenvalue weighted by Gasteiger charge is 2.23. The third-order valence-corrected chi connectivity index (χ3v) is 2.21. The van der Waals surface area contributed by atoms with Crippen molar-refractivity contribution in [2.75, 3.05) is 26.3 Å². The fraction of sp³-hybridized carbons (Fsp3) is 1.00. The average Bonchev–Trinajstić information content (AvgIpc) is 2.04. The van der Waals surface area contributed by atoms with Crippen molar-refractivity contribution in [1.29, 1.82) is 0 Å². The molecule has 66 valence electrons. The Balaban J connectivity index is 2.44. The van der Waals surface area contributed by atoms with Crippen LogP contribution in [0.15, 0.2) is 0 Å². The molecule has 0 radical (unpaired) electrons. The first kappa shape index (κ1) is 8.97. The van der Waals surface area contributed by atoms with Gasteiger partial charge >= 0.3 is 0 Å². The first-order valence-electron chi connectivity index (χ1n) is 4.29. The maximum absolute atomic E-state index is 5.61. The normalized spacial score (nSPS) is 27.8. The van der Waals surface area contributed by atoms with Gasteiger partial charge in [0.25, 0.3) is 0 Å². The molecule has 1 fully saturated rings. The second kappa shape index (κ2) is 4.04. The van der Waals surface area contributed by atoms with Crippen LogP contribution in [0.4, 0.5) is 0 Å². The van der Waals surface area contributed by atoms with Gasteiger partial charge in [-0.3, -0.25) is 4.90 Å². The van der Waals surface area contributed by atoms with Gasteiger partial charge in [-0.15, -0.1) is 0 Å². The van der Waals surface area contributed by atoms with E-state index in [0.29, 0.717) is 18.6 Å². The van der Waals surface area contributed by atoms with Gasteiger partial charge in [0.15, 0.2) is 0 Å². The molecule has 0 aromatic heterocycles. The Morgan fingerprint density at radius 3 is 2.82 bits per heavy atom. The van der Waals surface area contributed by atoms with Crippen LogP contribution in [0.2, 0.25) is 0 Å². The van der Waals surface area contributed by atoms with Crippen LogP contribution in [0.25, 0.3) is 0 Å². The third kappa shape index (κ3) is 2.15. The van der Waals surface area contributed by atoms with E-state index >= 15 is 0 Å². The smallest absolute Gasteiger partial charge is 0.0634 e. The predicted molar refractivity (Wildman–Crippen MR) is 45.5 cm³/mol. The quantitative estimate of drug-likeness (QED) is 0.617. The number of morpholine rings is 1. The molecule has 2 N–H and O–H groups in total. The fourth-order valence-corrected chi connectivity index (χ4v) is 1.55. The van der Waals surface area contributed by atoms with E-state index in [1.807, 2.05) is 0 Å². The zero-order valence-corrected chi connectivity index (χ0v) is 7.42. The highest BCUT2D eigenvalue weighted by molar-refractivity contribution is 4.78. The summed E-state index contributed by atoms with van der Waals surface area (Å²) < 4.78 is 5.33. The summed E-state index contributed by atoms with van der Waals surface area (Å²) in [5.74, 6) is 0. The van der Waals surface area contributed by atoms with Crippen molar-refractivity contribution in [3.63, 3.8) is 0 Å². The fourth-order valence-electron chi connectivity index (χ4n) is 1.55. The molecule has 1 rings (SSSR count). The van der Waals surface area contributed by atoms with Crippen molar-refractivity contribution in [2.45, 2.75) is 25.9 Å². The van der Waals surface area contributed by atoms with E-state index in [-0.39, 0.29) is 0 Å². The molecule has 0 aromatic carbocycles. The van der Waals surface area contributed by atoms with Gasteiger partial charge in [0.2, 0.25) is 0 Å². The summed E-state index contributed by atoms with van der Waals surface area (Å²) >= 11 is 0. The van der Waals surface area contributed by atoms with Crippen LogP contribution in [-0.4, -0.2) is 43.3 Å². The molecule has 0 aromatic rings. The second-order valence-electron chi connectivity index (χ2n) is 3.30. The molecule has 0 amide bonds. The van der Waals surface area contributed by atoms with Crippen LogP contribution in [0.3, 0.4) is 0 Å². The lowest BCUT2D eigenvalue weighted by molar-refractivity contribution is -0.0184. The molecule has 0 spiro atoms. The molecule has 1 heterocycles. The standard InChI is InChI=1S/C8H18N2O/c1-7(2)10-3-4-11-6-8(10)5-9/h7-8H,3-6,9H2,1-2H3/t8-/m0/s1. The molecule has 3 nitrogen and oxygen atoms in total. The molecule has 0 unspecified atom stereocenters. The zero-order chi connectivity index (χ0) is 8.27. The van der Waals surface area contributed by atoms with Gasteiger partial charge in [0.05, 0.1) is 13.2 Å². The Labute approximate surface area is 68.5 Å². The number of hydrogen-bond donors (Lipinski definition) is 1. The second-order valence-corrected chi connectivity index (χ2v) is 3.30. The van der Waals surface area contributed by atoms with Crippen molar-refractivity contribution < 1.29 is 4.74 Å². The number of hydrogen-bond acceptors (Lipinski definition) is 3. The summed E-state index contributed by atoms with van der Waals surface area (Å²) in [5, 5.41) is 0. The largest absolute Gasteiger partial charge is 0.378 e. The van der Waals surface area contributed by atoms with Gasteiger partial charge in [0.1, 0.15) is 0 Å². The Bertz CT molecular complexity index is 117. The molecule has 0 aliphatic carbocycles. The monoisotopic (exact) mass is 158 g/mol. The predicted octanol–water partition coefficient (Wildman–Crippen LogP) is 0.0543. The Morgan fingerprint density at radius 1 is 1.64 bits per heavy atom. The van der Waals surface area contributed by atoms with E-state index < -0.39 is 0 Å². The summed E-state index contributed by atoms with van der Waals surface area (Å²) in [6, 6.07) is 1.02. The minimum Gasteiger partial charge on any atom is -0.378 e. The topological polar surface area (TPSA) is 38.5 Å². The van der Waals surface area contributed by atoms with Gasteiger partial charge in [-0.1, -0.05) is 0 Å². The molecule has 11 heavy (non-hydrogen) atoms. The number of rotatable bonds is 2. The third-order valence-electron chi connectivity index (χ3n) is 2.21. The SMILES string of the molecule is CC(C)N1CCOC[C@@H]1CN. The summed E-state index contributed by atoms with van der Waals surface area (Å²) in [7, 11) is 0. The molecule has 1 aliphatic rings. The van der Waals surface area contributed by atoms with Crippen LogP contribution in [0, 0.1) is 0 Å². The highest BCUT2D eigenvalue weighted by atomic mass is 16.5. The van der Waals surface area contributed by atoms with E-state index in [1.54, 1.807) is 0 Å². The zero-order valence-electron chi connectivity index (χ0n) is 7.42. The molecule has 0 saturated carbocycles. The van der Waals surface area contributed by atoms with Gasteiger partial charge in [-0.2, -0.15) is 0 Å². The Morgan fingerprint density at radius 2 is 2.36 bits per heavy atom. The molecule has 1 aliphatic heterocycles. The van der Waals surface area contributed by atoms with E-state index in [0.717, 1.165) is 19.8 Å². The summed E-state index contributed by atoms with van der Waals surface area (Å²) in [4.78, 5) is 2.41. The van der Waals surface area contributed by atoms with E-state index in [2.05, 4.69) is 18.7 Å². The average molecular weight is 158 g/mol. The van der Waals surface area contributed by atoms with Crippen LogP contribution in [0.1, 0.15) is 13.8 Å². The summed E-state index contributed by atoms with van der Waals surface area (Å²) in [6.07, 6.45) is 0. The van der Waals surface area contributed by atoms with Crippen molar-refractivity contribution in [1.82, 2.24) is 4.90 Å². The van der Waals surface area contributed by atoms with Crippen molar-refractivity contribution in [2.24, 2.45) is 5.73 Å². The van der Waals surface area contributed by atoms with Gasteiger partial charge in [-0.05, 0) is 13.8 Å². The minimum atomic E-state index is 0.434. The minimum absolute atomic E-state index is 0.434. The number of nitrogens with two attached hydrogens (primary N) is 1. The maximum Gasteiger partial charge on any atom is 0.0634 e. The van der Waals surface area contributed by atoms with Crippen LogP contribution in [0.5, 0.6) is 0 Å². The lowest BCUT2D eigenvalue weighted by atomic mass is 10.2. The number of nitrogens with zero attached hydrogens (tertiary/aromatic N) is 1. The molecule has 0 bridgehead atoms. The Kier molecular flexibility index (Phi) is 3.30. The molecule has 1 saturated heterocycles. The highest BCUT2D eigenvalue weighted by Crippen LogP contribution is 2.09. The molecular formula is C8H18N2O. The maximum atomic E-state index is 5.61. The van der Waals surface area contributed by atoms with E-state index in [1.165, 1.54) is 0 Å². The lowest BCUT2D eigenvalue weighted by Gasteiger charge is -2.37.